The Morgan fingerprint density at radius 3 is 2.87 bits per heavy atom. The van der Waals surface area contributed by atoms with E-state index in [1.165, 1.54) is 16.2 Å². The fourth-order valence-corrected chi connectivity index (χ4v) is 9.34. The van der Waals surface area contributed by atoms with Gasteiger partial charge in [-0.05, 0) is 83.0 Å². The van der Waals surface area contributed by atoms with E-state index in [0.29, 0.717) is 46.9 Å². The number of anilines is 2. The maximum absolute atomic E-state index is 13.4. The maximum atomic E-state index is 13.4. The first-order valence-corrected chi connectivity index (χ1v) is 17.0. The van der Waals surface area contributed by atoms with Gasteiger partial charge in [-0.2, -0.15) is 14.8 Å². The average molecular weight is 642 g/mol. The number of hydrogen-bond acceptors (Lipinski definition) is 11. The van der Waals surface area contributed by atoms with Gasteiger partial charge in [-0.15, -0.1) is 11.3 Å². The number of nitriles is 1. The van der Waals surface area contributed by atoms with E-state index < -0.39 is 5.41 Å². The first kappa shape index (κ1) is 29.3. The molecule has 13 heteroatoms. The number of rotatable bonds is 6. The van der Waals surface area contributed by atoms with Crippen molar-refractivity contribution >= 4 is 40.1 Å². The van der Waals surface area contributed by atoms with Gasteiger partial charge in [0, 0.05) is 28.4 Å². The fourth-order valence-electron chi connectivity index (χ4n) is 8.18. The standard InChI is InChI=1S/C33H36N8O4S/c1-3-22(21-8-6-13-40(21)2)44-31-25-30(41(32(42)36-25)16-18-10-14-43-17-18)37-29(38-31)26-19-7-4-11-33(27(19)39-45-26)12-5-9-23-24(33)20(15-34)28(35)46-23/h3,16,18,21-22H,1,4-14,17,35H2,2H3/p+1/b41-16-/t18?,21-,22-,33-/m0/s1. The number of urea groups is 1. The highest BCUT2D eigenvalue weighted by Crippen LogP contribution is 2.55. The highest BCUT2D eigenvalue weighted by molar-refractivity contribution is 7.16. The molecular weight excluding hydrogens is 604 g/mol. The minimum atomic E-state index is -0.445. The van der Waals surface area contributed by atoms with Crippen molar-refractivity contribution < 1.29 is 23.4 Å². The molecule has 12 nitrogen and oxygen atoms in total. The fraction of sp³-hybridized carbons (Fsp3) is 0.515. The molecule has 46 heavy (non-hydrogen) atoms. The summed E-state index contributed by atoms with van der Waals surface area (Å²) >= 11 is 1.52. The van der Waals surface area contributed by atoms with Crippen LogP contribution in [0.1, 0.15) is 72.2 Å². The normalized spacial score (nSPS) is 26.9. The Morgan fingerprint density at radius 2 is 2.13 bits per heavy atom. The summed E-state index contributed by atoms with van der Waals surface area (Å²) in [6, 6.07) is 2.20. The Hall–Kier alpha value is -4.12. The van der Waals surface area contributed by atoms with Crippen LogP contribution in [0.3, 0.4) is 0 Å². The van der Waals surface area contributed by atoms with Gasteiger partial charge in [0.15, 0.2) is 0 Å². The number of carbonyl (C=O) groups excluding carboxylic acids is 1. The van der Waals surface area contributed by atoms with Crippen LogP contribution in [0.4, 0.5) is 21.3 Å². The molecule has 3 aromatic rings. The van der Waals surface area contributed by atoms with Crippen LogP contribution >= 0.6 is 11.3 Å². The van der Waals surface area contributed by atoms with Gasteiger partial charge in [-0.1, -0.05) is 16.7 Å². The van der Waals surface area contributed by atoms with E-state index >= 15 is 0 Å². The van der Waals surface area contributed by atoms with Crippen LogP contribution in [-0.4, -0.2) is 75.8 Å². The molecule has 1 spiro atoms. The van der Waals surface area contributed by atoms with Crippen LogP contribution in [0.25, 0.3) is 11.6 Å². The van der Waals surface area contributed by atoms with E-state index in [1.807, 2.05) is 6.21 Å². The Bertz CT molecular complexity index is 1810. The number of aryl methyl sites for hydroxylation is 1. The Morgan fingerprint density at radius 1 is 1.28 bits per heavy atom. The number of nitrogens with zero attached hydrogens (tertiary/aromatic N) is 6. The van der Waals surface area contributed by atoms with Gasteiger partial charge in [0.2, 0.25) is 11.4 Å². The number of ether oxygens (including phenoxy) is 2. The lowest BCUT2D eigenvalue weighted by atomic mass is 9.62. The van der Waals surface area contributed by atoms with Crippen LogP contribution in [0.15, 0.2) is 17.2 Å². The minimum absolute atomic E-state index is 0.0818. The molecule has 238 valence electrons. The number of amides is 2. The molecule has 3 N–H and O–H groups in total. The summed E-state index contributed by atoms with van der Waals surface area (Å²) in [5.74, 6) is 1.53. The summed E-state index contributed by atoms with van der Waals surface area (Å²) < 4.78 is 19.9. The number of likely N-dealkylation sites (N-methyl/N-ethyl adjacent to an activating group) is 1. The molecule has 1 unspecified atom stereocenters. The molecule has 5 aliphatic rings. The first-order valence-electron chi connectivity index (χ1n) is 16.2. The predicted octanol–water partition coefficient (Wildman–Crippen LogP) is 4.93. The highest BCUT2D eigenvalue weighted by atomic mass is 32.1. The van der Waals surface area contributed by atoms with Crippen LogP contribution in [-0.2, 0) is 23.0 Å². The molecule has 4 atom stereocenters. The van der Waals surface area contributed by atoms with E-state index in [-0.39, 0.29) is 30.0 Å². The largest absolute Gasteiger partial charge is 0.466 e. The molecule has 0 saturated carbocycles. The zero-order valence-electron chi connectivity index (χ0n) is 25.9. The molecule has 2 saturated heterocycles. The van der Waals surface area contributed by atoms with E-state index in [9.17, 15) is 10.1 Å². The third-order valence-corrected chi connectivity index (χ3v) is 11.5. The van der Waals surface area contributed by atoms with Crippen molar-refractivity contribution in [2.75, 3.05) is 37.9 Å². The average Bonchev–Trinajstić information content (AvgIpc) is 3.89. The van der Waals surface area contributed by atoms with Crippen molar-refractivity contribution in [3.63, 3.8) is 0 Å². The lowest BCUT2D eigenvalue weighted by Crippen LogP contribution is -2.39. The summed E-state index contributed by atoms with van der Waals surface area (Å²) in [4.78, 5) is 26.7. The predicted molar refractivity (Wildman–Crippen MR) is 172 cm³/mol. The molecule has 8 rings (SSSR count). The first-order chi connectivity index (χ1) is 22.4. The summed E-state index contributed by atoms with van der Waals surface area (Å²) in [7, 11) is 2.08. The molecule has 6 heterocycles. The molecule has 0 bridgehead atoms. The second-order valence-corrected chi connectivity index (χ2v) is 14.1. The molecular formula is C33H37N8O4S+. The van der Waals surface area contributed by atoms with Crippen LogP contribution in [0, 0.1) is 17.2 Å². The van der Waals surface area contributed by atoms with Crippen molar-refractivity contribution in [2.45, 2.75) is 75.3 Å². The van der Waals surface area contributed by atoms with Gasteiger partial charge >= 0.3 is 11.8 Å². The number of carbonyl (C=O) groups is 1. The van der Waals surface area contributed by atoms with E-state index in [2.05, 4.69) is 29.9 Å². The lowest BCUT2D eigenvalue weighted by molar-refractivity contribution is -0.322. The zero-order chi connectivity index (χ0) is 31.6. The SMILES string of the molecule is C=C[C@H](Oc1nc(-c2onc3c2CCC[C@@]32CCCc3sc(N)c(C#N)c32)nc2c1NC(=O)/[N+]2=C\C1CCOC1)[C@@H]1CCCN1C. The summed E-state index contributed by atoms with van der Waals surface area (Å²) in [5.41, 5.74) is 9.70. The Balaban J connectivity index is 1.27. The number of fused-ring (bicyclic) bond motifs is 5. The number of likely N-dealkylation sites (tertiary alicyclic amines) is 1. The zero-order valence-corrected chi connectivity index (χ0v) is 26.7. The topological polar surface area (TPSA) is 155 Å². The molecule has 0 radical (unpaired) electrons. The summed E-state index contributed by atoms with van der Waals surface area (Å²) in [6.07, 6.45) is 11.4. The van der Waals surface area contributed by atoms with Gasteiger partial charge in [0.1, 0.15) is 17.2 Å². The monoisotopic (exact) mass is 641 g/mol. The van der Waals surface area contributed by atoms with Crippen molar-refractivity contribution in [2.24, 2.45) is 5.92 Å². The lowest BCUT2D eigenvalue weighted by Gasteiger charge is -2.39. The van der Waals surface area contributed by atoms with Gasteiger partial charge in [-0.25, -0.2) is 10.1 Å². The number of aromatic nitrogens is 3. The highest BCUT2D eigenvalue weighted by Gasteiger charge is 2.49. The molecule has 3 aromatic heterocycles. The van der Waals surface area contributed by atoms with Crippen molar-refractivity contribution in [1.82, 2.24) is 20.0 Å². The maximum Gasteiger partial charge on any atom is 0.446 e. The van der Waals surface area contributed by atoms with E-state index in [1.54, 1.807) is 10.7 Å². The molecule has 2 amide bonds. The van der Waals surface area contributed by atoms with Crippen LogP contribution < -0.4 is 15.8 Å². The Kier molecular flexibility index (Phi) is 7.19. The smallest absolute Gasteiger partial charge is 0.446 e. The minimum Gasteiger partial charge on any atom is -0.466 e. The quantitative estimate of drug-likeness (QED) is 0.280. The van der Waals surface area contributed by atoms with E-state index in [4.69, 9.17) is 34.9 Å². The van der Waals surface area contributed by atoms with Crippen LogP contribution in [0.5, 0.6) is 5.88 Å². The van der Waals surface area contributed by atoms with Gasteiger partial charge in [-0.3, -0.25) is 4.90 Å². The number of thiophene rings is 1. The number of nitrogen functional groups attached to an aromatic ring is 1. The molecule has 2 fully saturated rings. The molecule has 3 aliphatic heterocycles. The second-order valence-electron chi connectivity index (χ2n) is 13.0. The third-order valence-electron chi connectivity index (χ3n) is 10.4. The van der Waals surface area contributed by atoms with Crippen molar-refractivity contribution in [3.05, 3.63) is 39.9 Å². The van der Waals surface area contributed by atoms with Crippen molar-refractivity contribution in [1.29, 1.82) is 5.26 Å². The third kappa shape index (κ3) is 4.49. The van der Waals surface area contributed by atoms with Crippen LogP contribution in [0.2, 0.25) is 0 Å². The number of nitrogens with one attached hydrogen (secondary N) is 1. The second kappa shape index (κ2) is 11.3. The number of nitrogens with two attached hydrogens (primary N) is 1. The van der Waals surface area contributed by atoms with Gasteiger partial charge < -0.3 is 19.7 Å². The summed E-state index contributed by atoms with van der Waals surface area (Å²) in [5, 5.41) is 18.3. The molecule has 2 aliphatic carbocycles. The summed E-state index contributed by atoms with van der Waals surface area (Å²) in [6.45, 7) is 6.24. The van der Waals surface area contributed by atoms with Crippen molar-refractivity contribution in [3.8, 4) is 23.5 Å². The van der Waals surface area contributed by atoms with Gasteiger partial charge in [0.05, 0.1) is 30.1 Å². The van der Waals surface area contributed by atoms with E-state index in [0.717, 1.165) is 81.2 Å². The number of hydrogen-bond donors (Lipinski definition) is 2. The molecule has 0 aromatic carbocycles. The van der Waals surface area contributed by atoms with Gasteiger partial charge in [0.25, 0.3) is 11.7 Å². The Labute approximate surface area is 270 Å².